The number of hydrogen-bond acceptors (Lipinski definition) is 3. The average Bonchev–Trinajstić information content (AvgIpc) is 2.86. The molecular weight excluding hydrogens is 240 g/mol. The number of nitrogens with two attached hydrogens (primary N) is 1. The molecule has 0 fully saturated rings. The Morgan fingerprint density at radius 3 is 2.58 bits per heavy atom. The molecule has 0 aliphatic rings. The van der Waals surface area contributed by atoms with Gasteiger partial charge in [0, 0.05) is 12.7 Å². The van der Waals surface area contributed by atoms with E-state index in [4.69, 9.17) is 10.2 Å². The summed E-state index contributed by atoms with van der Waals surface area (Å²) in [6, 6.07) is 9.36. The molecular formula is C15H18N2O2. The highest BCUT2D eigenvalue weighted by molar-refractivity contribution is 6.04. The van der Waals surface area contributed by atoms with Crippen molar-refractivity contribution in [3.05, 3.63) is 53.0 Å². The minimum Gasteiger partial charge on any atom is -0.455 e. The minimum atomic E-state index is -0.174. The average molecular weight is 258 g/mol. The number of amides is 1. The summed E-state index contributed by atoms with van der Waals surface area (Å²) < 4.78 is 5.38. The van der Waals surface area contributed by atoms with E-state index in [0.717, 1.165) is 11.3 Å². The standard InChI is InChI=1S/C15H18N2O2/c1-10-4-6-13(11(2)8-10)17(3)15(18)14-7-5-12(9-16)19-14/h4-8H,9,16H2,1-3H3. The fourth-order valence-corrected chi connectivity index (χ4v) is 2.06. The molecule has 0 spiro atoms. The van der Waals surface area contributed by atoms with Gasteiger partial charge in [-0.05, 0) is 37.6 Å². The Morgan fingerprint density at radius 1 is 1.26 bits per heavy atom. The summed E-state index contributed by atoms with van der Waals surface area (Å²) in [6.07, 6.45) is 0. The first-order valence-corrected chi connectivity index (χ1v) is 6.17. The van der Waals surface area contributed by atoms with Crippen LogP contribution in [-0.4, -0.2) is 13.0 Å². The molecule has 100 valence electrons. The van der Waals surface area contributed by atoms with Crippen LogP contribution in [0.5, 0.6) is 0 Å². The number of aryl methyl sites for hydroxylation is 2. The quantitative estimate of drug-likeness (QED) is 0.920. The molecule has 4 heteroatoms. The normalized spacial score (nSPS) is 10.5. The zero-order valence-electron chi connectivity index (χ0n) is 11.4. The van der Waals surface area contributed by atoms with Crippen molar-refractivity contribution in [2.24, 2.45) is 5.73 Å². The van der Waals surface area contributed by atoms with Crippen molar-refractivity contribution in [2.75, 3.05) is 11.9 Å². The zero-order valence-corrected chi connectivity index (χ0v) is 11.4. The Bertz CT molecular complexity index is 602. The van der Waals surface area contributed by atoms with Crippen LogP contribution in [0, 0.1) is 13.8 Å². The topological polar surface area (TPSA) is 59.5 Å². The van der Waals surface area contributed by atoms with Crippen molar-refractivity contribution in [3.8, 4) is 0 Å². The lowest BCUT2D eigenvalue weighted by Crippen LogP contribution is -2.26. The van der Waals surface area contributed by atoms with Gasteiger partial charge in [0.05, 0.1) is 6.54 Å². The number of anilines is 1. The maximum atomic E-state index is 12.3. The lowest BCUT2D eigenvalue weighted by molar-refractivity contribution is 0.0964. The largest absolute Gasteiger partial charge is 0.455 e. The molecule has 0 unspecified atom stereocenters. The Kier molecular flexibility index (Phi) is 3.71. The van der Waals surface area contributed by atoms with Gasteiger partial charge in [0.1, 0.15) is 5.76 Å². The molecule has 2 rings (SSSR count). The zero-order chi connectivity index (χ0) is 14.0. The van der Waals surface area contributed by atoms with Gasteiger partial charge < -0.3 is 15.1 Å². The van der Waals surface area contributed by atoms with Gasteiger partial charge in [0.2, 0.25) is 0 Å². The number of benzene rings is 1. The Morgan fingerprint density at radius 2 is 2.00 bits per heavy atom. The van der Waals surface area contributed by atoms with Gasteiger partial charge in [-0.1, -0.05) is 17.7 Å². The number of nitrogens with zero attached hydrogens (tertiary/aromatic N) is 1. The van der Waals surface area contributed by atoms with Crippen LogP contribution in [0.15, 0.2) is 34.7 Å². The van der Waals surface area contributed by atoms with Crippen LogP contribution in [0.25, 0.3) is 0 Å². The third-order valence-electron chi connectivity index (χ3n) is 3.09. The molecule has 0 atom stereocenters. The van der Waals surface area contributed by atoms with Crippen LogP contribution in [0.4, 0.5) is 5.69 Å². The Labute approximate surface area is 112 Å². The summed E-state index contributed by atoms with van der Waals surface area (Å²) in [5, 5.41) is 0. The van der Waals surface area contributed by atoms with Crippen molar-refractivity contribution in [2.45, 2.75) is 20.4 Å². The highest BCUT2D eigenvalue weighted by Crippen LogP contribution is 2.22. The van der Waals surface area contributed by atoms with Crippen molar-refractivity contribution < 1.29 is 9.21 Å². The van der Waals surface area contributed by atoms with Gasteiger partial charge in [-0.2, -0.15) is 0 Å². The first-order valence-electron chi connectivity index (χ1n) is 6.17. The van der Waals surface area contributed by atoms with E-state index in [1.54, 1.807) is 24.1 Å². The van der Waals surface area contributed by atoms with E-state index in [0.29, 0.717) is 18.1 Å². The predicted octanol–water partition coefficient (Wildman–Crippen LogP) is 2.63. The van der Waals surface area contributed by atoms with E-state index >= 15 is 0 Å². The molecule has 0 radical (unpaired) electrons. The monoisotopic (exact) mass is 258 g/mol. The van der Waals surface area contributed by atoms with Crippen molar-refractivity contribution >= 4 is 11.6 Å². The number of carbonyl (C=O) groups is 1. The van der Waals surface area contributed by atoms with Gasteiger partial charge in [-0.3, -0.25) is 4.79 Å². The fraction of sp³-hybridized carbons (Fsp3) is 0.267. The van der Waals surface area contributed by atoms with Crippen molar-refractivity contribution in [3.63, 3.8) is 0 Å². The molecule has 0 bridgehead atoms. The maximum absolute atomic E-state index is 12.3. The molecule has 19 heavy (non-hydrogen) atoms. The van der Waals surface area contributed by atoms with Crippen molar-refractivity contribution in [1.82, 2.24) is 0 Å². The number of carbonyl (C=O) groups excluding carboxylic acids is 1. The fourth-order valence-electron chi connectivity index (χ4n) is 2.06. The van der Waals surface area contributed by atoms with Gasteiger partial charge in [-0.15, -0.1) is 0 Å². The van der Waals surface area contributed by atoms with Gasteiger partial charge in [0.15, 0.2) is 5.76 Å². The molecule has 2 N–H and O–H groups in total. The number of furan rings is 1. The smallest absolute Gasteiger partial charge is 0.293 e. The predicted molar refractivity (Wildman–Crippen MR) is 75.2 cm³/mol. The van der Waals surface area contributed by atoms with Crippen LogP contribution >= 0.6 is 0 Å². The molecule has 1 aromatic heterocycles. The third kappa shape index (κ3) is 2.69. The highest BCUT2D eigenvalue weighted by Gasteiger charge is 2.18. The summed E-state index contributed by atoms with van der Waals surface area (Å²) in [5.74, 6) is 0.743. The molecule has 0 aliphatic heterocycles. The summed E-state index contributed by atoms with van der Waals surface area (Å²) in [6.45, 7) is 4.30. The first-order chi connectivity index (χ1) is 9.02. The molecule has 0 saturated heterocycles. The van der Waals surface area contributed by atoms with E-state index in [-0.39, 0.29) is 5.91 Å². The molecule has 1 heterocycles. The molecule has 1 aromatic carbocycles. The lowest BCUT2D eigenvalue weighted by atomic mass is 10.1. The second-order valence-electron chi connectivity index (χ2n) is 4.62. The SMILES string of the molecule is Cc1ccc(N(C)C(=O)c2ccc(CN)o2)c(C)c1. The highest BCUT2D eigenvalue weighted by atomic mass is 16.4. The van der Waals surface area contributed by atoms with E-state index in [1.807, 2.05) is 32.0 Å². The summed E-state index contributed by atoms with van der Waals surface area (Å²) in [4.78, 5) is 13.9. The lowest BCUT2D eigenvalue weighted by Gasteiger charge is -2.18. The molecule has 1 amide bonds. The van der Waals surface area contributed by atoms with E-state index in [9.17, 15) is 4.79 Å². The van der Waals surface area contributed by atoms with Crippen LogP contribution in [-0.2, 0) is 6.54 Å². The second kappa shape index (κ2) is 5.28. The summed E-state index contributed by atoms with van der Waals surface area (Å²) >= 11 is 0. The molecule has 0 saturated carbocycles. The third-order valence-corrected chi connectivity index (χ3v) is 3.09. The van der Waals surface area contributed by atoms with Gasteiger partial charge in [-0.25, -0.2) is 0 Å². The van der Waals surface area contributed by atoms with E-state index in [1.165, 1.54) is 5.56 Å². The first kappa shape index (κ1) is 13.4. The number of rotatable bonds is 3. The minimum absolute atomic E-state index is 0.174. The summed E-state index contributed by atoms with van der Waals surface area (Å²) in [5.41, 5.74) is 8.58. The second-order valence-corrected chi connectivity index (χ2v) is 4.62. The summed E-state index contributed by atoms with van der Waals surface area (Å²) in [7, 11) is 1.74. The van der Waals surface area contributed by atoms with Crippen LogP contribution < -0.4 is 10.6 Å². The van der Waals surface area contributed by atoms with Crippen molar-refractivity contribution in [1.29, 1.82) is 0 Å². The number of hydrogen-bond donors (Lipinski definition) is 1. The Hall–Kier alpha value is -2.07. The molecule has 2 aromatic rings. The Balaban J connectivity index is 2.27. The van der Waals surface area contributed by atoms with Crippen LogP contribution in [0.1, 0.15) is 27.4 Å². The van der Waals surface area contributed by atoms with Crippen LogP contribution in [0.3, 0.4) is 0 Å². The van der Waals surface area contributed by atoms with Crippen LogP contribution in [0.2, 0.25) is 0 Å². The van der Waals surface area contributed by atoms with Gasteiger partial charge in [0.25, 0.3) is 5.91 Å². The van der Waals surface area contributed by atoms with E-state index < -0.39 is 0 Å². The molecule has 0 aliphatic carbocycles. The van der Waals surface area contributed by atoms with E-state index in [2.05, 4.69) is 0 Å². The molecule has 4 nitrogen and oxygen atoms in total. The maximum Gasteiger partial charge on any atom is 0.293 e. The van der Waals surface area contributed by atoms with Gasteiger partial charge >= 0.3 is 0 Å².